The van der Waals surface area contributed by atoms with Gasteiger partial charge >= 0.3 is 0 Å². The summed E-state index contributed by atoms with van der Waals surface area (Å²) in [6.07, 6.45) is 1.83. The van der Waals surface area contributed by atoms with Crippen LogP contribution < -0.4 is 10.0 Å². The van der Waals surface area contributed by atoms with Gasteiger partial charge < -0.3 is 10.1 Å². The third-order valence-electron chi connectivity index (χ3n) is 3.53. The van der Waals surface area contributed by atoms with Gasteiger partial charge in [0.15, 0.2) is 0 Å². The summed E-state index contributed by atoms with van der Waals surface area (Å²) in [6.45, 7) is 2.60. The minimum atomic E-state index is -3.49. The minimum Gasteiger partial charge on any atom is -0.381 e. The van der Waals surface area contributed by atoms with Crippen molar-refractivity contribution < 1.29 is 13.2 Å². The first-order valence-corrected chi connectivity index (χ1v) is 9.31. The van der Waals surface area contributed by atoms with Crippen LogP contribution in [0.15, 0.2) is 27.6 Å². The molecule has 0 bridgehead atoms. The smallest absolute Gasteiger partial charge is 0.241 e. The highest BCUT2D eigenvalue weighted by molar-refractivity contribution is 9.10. The number of ether oxygens (including phenoxy) is 1. The Hall–Kier alpha value is -0.470. The van der Waals surface area contributed by atoms with Crippen molar-refractivity contribution in [1.29, 1.82) is 0 Å². The van der Waals surface area contributed by atoms with E-state index in [1.54, 1.807) is 12.1 Å². The number of hydrogen-bond donors (Lipinski definition) is 2. The Morgan fingerprint density at radius 2 is 2.24 bits per heavy atom. The van der Waals surface area contributed by atoms with E-state index in [1.165, 1.54) is 0 Å². The van der Waals surface area contributed by atoms with Gasteiger partial charge in [0.05, 0.1) is 4.90 Å². The Kier molecular flexibility index (Phi) is 6.19. The van der Waals surface area contributed by atoms with Crippen molar-refractivity contribution in [2.45, 2.75) is 24.3 Å². The molecule has 1 saturated heterocycles. The molecule has 0 radical (unpaired) electrons. The van der Waals surface area contributed by atoms with Crippen LogP contribution in [-0.4, -0.2) is 35.2 Å². The summed E-state index contributed by atoms with van der Waals surface area (Å²) >= 11 is 3.32. The SMILES string of the molecule is CNCc1ccc(Br)c(S(=O)(=O)NCCC2CCOC2)c1. The first-order valence-electron chi connectivity index (χ1n) is 7.03. The van der Waals surface area contributed by atoms with E-state index in [1.807, 2.05) is 13.1 Å². The van der Waals surface area contributed by atoms with Crippen LogP contribution in [0.2, 0.25) is 0 Å². The lowest BCUT2D eigenvalue weighted by Gasteiger charge is -2.12. The minimum absolute atomic E-state index is 0.290. The summed E-state index contributed by atoms with van der Waals surface area (Å²) < 4.78 is 33.3. The third-order valence-corrected chi connectivity index (χ3v) is 5.99. The fourth-order valence-corrected chi connectivity index (χ4v) is 4.41. The molecule has 21 heavy (non-hydrogen) atoms. The van der Waals surface area contributed by atoms with Gasteiger partial charge in [0.2, 0.25) is 10.0 Å². The van der Waals surface area contributed by atoms with Crippen molar-refractivity contribution in [2.75, 3.05) is 26.8 Å². The van der Waals surface area contributed by atoms with E-state index in [0.29, 0.717) is 23.5 Å². The topological polar surface area (TPSA) is 67.4 Å². The van der Waals surface area contributed by atoms with Crippen LogP contribution in [0.5, 0.6) is 0 Å². The van der Waals surface area contributed by atoms with E-state index in [4.69, 9.17) is 4.74 Å². The second-order valence-corrected chi connectivity index (χ2v) is 7.80. The van der Waals surface area contributed by atoms with Crippen LogP contribution in [0.3, 0.4) is 0 Å². The zero-order chi connectivity index (χ0) is 15.3. The molecule has 1 aliphatic rings. The van der Waals surface area contributed by atoms with E-state index in [0.717, 1.165) is 31.6 Å². The van der Waals surface area contributed by atoms with Crippen molar-refractivity contribution in [3.63, 3.8) is 0 Å². The van der Waals surface area contributed by atoms with Crippen molar-refractivity contribution in [3.8, 4) is 0 Å². The van der Waals surface area contributed by atoms with E-state index in [2.05, 4.69) is 26.0 Å². The van der Waals surface area contributed by atoms with Gasteiger partial charge in [-0.2, -0.15) is 0 Å². The highest BCUT2D eigenvalue weighted by Crippen LogP contribution is 2.23. The molecule has 0 saturated carbocycles. The molecular weight excluding hydrogens is 356 g/mol. The van der Waals surface area contributed by atoms with Crippen LogP contribution in [-0.2, 0) is 21.3 Å². The molecule has 2 rings (SSSR count). The third kappa shape index (κ3) is 4.75. The molecule has 1 aliphatic heterocycles. The first kappa shape index (κ1) is 16.9. The predicted octanol–water partition coefficient (Wildman–Crippen LogP) is 1.87. The van der Waals surface area contributed by atoms with Crippen molar-refractivity contribution >= 4 is 26.0 Å². The van der Waals surface area contributed by atoms with Gasteiger partial charge in [0.1, 0.15) is 0 Å². The summed E-state index contributed by atoms with van der Waals surface area (Å²) in [6, 6.07) is 5.36. The largest absolute Gasteiger partial charge is 0.381 e. The summed E-state index contributed by atoms with van der Waals surface area (Å²) in [4.78, 5) is 0.290. The van der Waals surface area contributed by atoms with E-state index in [9.17, 15) is 8.42 Å². The van der Waals surface area contributed by atoms with Crippen LogP contribution in [0.4, 0.5) is 0 Å². The number of halogens is 1. The maximum Gasteiger partial charge on any atom is 0.241 e. The molecule has 1 unspecified atom stereocenters. The highest BCUT2D eigenvalue weighted by Gasteiger charge is 2.20. The normalized spacial score (nSPS) is 19.0. The molecule has 1 aromatic rings. The van der Waals surface area contributed by atoms with Crippen LogP contribution in [0.25, 0.3) is 0 Å². The summed E-state index contributed by atoms with van der Waals surface area (Å²) in [5.74, 6) is 0.465. The molecule has 0 amide bonds. The first-order chi connectivity index (χ1) is 10.0. The van der Waals surface area contributed by atoms with Gasteiger partial charge in [-0.05, 0) is 59.4 Å². The van der Waals surface area contributed by atoms with Gasteiger partial charge in [0, 0.05) is 30.8 Å². The molecule has 1 heterocycles. The Morgan fingerprint density at radius 1 is 1.43 bits per heavy atom. The molecule has 0 aromatic heterocycles. The van der Waals surface area contributed by atoms with E-state index in [-0.39, 0.29) is 4.90 Å². The average molecular weight is 377 g/mol. The molecule has 118 valence electrons. The molecule has 1 atom stereocenters. The molecule has 0 aliphatic carbocycles. The van der Waals surface area contributed by atoms with Crippen molar-refractivity contribution in [2.24, 2.45) is 5.92 Å². The Labute approximate surface area is 134 Å². The Morgan fingerprint density at radius 3 is 2.90 bits per heavy atom. The lowest BCUT2D eigenvalue weighted by molar-refractivity contribution is 0.184. The summed E-state index contributed by atoms with van der Waals surface area (Å²) in [7, 11) is -1.66. The molecule has 2 N–H and O–H groups in total. The van der Waals surface area contributed by atoms with Crippen LogP contribution in [0, 0.1) is 5.92 Å². The standard InChI is InChI=1S/C14H21BrN2O3S/c1-16-9-12-2-3-13(15)14(8-12)21(18,19)17-6-4-11-5-7-20-10-11/h2-3,8,11,16-17H,4-7,9-10H2,1H3. The maximum absolute atomic E-state index is 12.4. The van der Waals surface area contributed by atoms with Gasteiger partial charge in [0.25, 0.3) is 0 Å². The average Bonchev–Trinajstić information content (AvgIpc) is 2.94. The van der Waals surface area contributed by atoms with Crippen LogP contribution in [0.1, 0.15) is 18.4 Å². The fourth-order valence-electron chi connectivity index (χ4n) is 2.35. The lowest BCUT2D eigenvalue weighted by atomic mass is 10.1. The van der Waals surface area contributed by atoms with Crippen molar-refractivity contribution in [3.05, 3.63) is 28.2 Å². The number of nitrogens with one attached hydrogen (secondary N) is 2. The van der Waals surface area contributed by atoms with E-state index < -0.39 is 10.0 Å². The Bertz CT molecular complexity index is 572. The summed E-state index contributed by atoms with van der Waals surface area (Å²) in [5.41, 5.74) is 0.935. The van der Waals surface area contributed by atoms with Gasteiger partial charge in [-0.3, -0.25) is 0 Å². The second-order valence-electron chi connectivity index (χ2n) is 5.21. The molecule has 1 aromatic carbocycles. The van der Waals surface area contributed by atoms with Crippen LogP contribution >= 0.6 is 15.9 Å². The van der Waals surface area contributed by atoms with Gasteiger partial charge in [-0.15, -0.1) is 0 Å². The predicted molar refractivity (Wildman–Crippen MR) is 85.6 cm³/mol. The van der Waals surface area contributed by atoms with Gasteiger partial charge in [-0.25, -0.2) is 13.1 Å². The number of rotatable bonds is 7. The highest BCUT2D eigenvalue weighted by atomic mass is 79.9. The molecule has 1 fully saturated rings. The number of sulfonamides is 1. The number of benzene rings is 1. The lowest BCUT2D eigenvalue weighted by Crippen LogP contribution is -2.27. The molecule has 5 nitrogen and oxygen atoms in total. The monoisotopic (exact) mass is 376 g/mol. The maximum atomic E-state index is 12.4. The second kappa shape index (κ2) is 7.69. The molecule has 7 heteroatoms. The number of hydrogen-bond acceptors (Lipinski definition) is 4. The fraction of sp³-hybridized carbons (Fsp3) is 0.571. The zero-order valence-corrected chi connectivity index (χ0v) is 14.5. The zero-order valence-electron chi connectivity index (χ0n) is 12.1. The quantitative estimate of drug-likeness (QED) is 0.762. The van der Waals surface area contributed by atoms with Crippen molar-refractivity contribution in [1.82, 2.24) is 10.0 Å². The van der Waals surface area contributed by atoms with E-state index >= 15 is 0 Å². The molecular formula is C14H21BrN2O3S. The summed E-state index contributed by atoms with van der Waals surface area (Å²) in [5, 5.41) is 3.02. The Balaban J connectivity index is 2.02. The van der Waals surface area contributed by atoms with Gasteiger partial charge in [-0.1, -0.05) is 6.07 Å². The molecule has 0 spiro atoms.